The molecule has 0 bridgehead atoms. The van der Waals surface area contributed by atoms with E-state index >= 15 is 0 Å². The summed E-state index contributed by atoms with van der Waals surface area (Å²) in [5.74, 6) is 0.0478. The Hall–Kier alpha value is -2.25. The zero-order chi connectivity index (χ0) is 14.5. The van der Waals surface area contributed by atoms with Gasteiger partial charge in [0, 0.05) is 5.56 Å². The lowest BCUT2D eigenvalue weighted by Crippen LogP contribution is -2.11. The second kappa shape index (κ2) is 6.27. The standard InChI is InChI=1S/C15H12ClFN2O/c1-20-14-8-4-5-10(16)15(14)13(9-18)19-12-7-3-2-6-11(12)17/h2-8,13,19H,1H3. The fourth-order valence-electron chi connectivity index (χ4n) is 1.88. The quantitative estimate of drug-likeness (QED) is 0.919. The van der Waals surface area contributed by atoms with Crippen LogP contribution in [0.4, 0.5) is 10.1 Å². The molecule has 0 fully saturated rings. The van der Waals surface area contributed by atoms with Gasteiger partial charge in [0.05, 0.1) is 23.9 Å². The number of anilines is 1. The van der Waals surface area contributed by atoms with Crippen LogP contribution in [0.2, 0.25) is 5.02 Å². The van der Waals surface area contributed by atoms with Crippen molar-refractivity contribution in [2.24, 2.45) is 0 Å². The Balaban J connectivity index is 2.40. The molecule has 5 heteroatoms. The van der Waals surface area contributed by atoms with Crippen molar-refractivity contribution in [1.29, 1.82) is 5.26 Å². The van der Waals surface area contributed by atoms with Gasteiger partial charge in [-0.05, 0) is 24.3 Å². The van der Waals surface area contributed by atoms with Crippen LogP contribution in [0.3, 0.4) is 0 Å². The molecule has 1 N–H and O–H groups in total. The molecule has 0 aliphatic heterocycles. The van der Waals surface area contributed by atoms with Crippen LogP contribution in [0, 0.1) is 17.1 Å². The Labute approximate surface area is 121 Å². The van der Waals surface area contributed by atoms with Crippen molar-refractivity contribution >= 4 is 17.3 Å². The van der Waals surface area contributed by atoms with E-state index < -0.39 is 11.9 Å². The second-order valence-corrected chi connectivity index (χ2v) is 4.45. The van der Waals surface area contributed by atoms with Gasteiger partial charge in [-0.15, -0.1) is 0 Å². The molecule has 20 heavy (non-hydrogen) atoms. The van der Waals surface area contributed by atoms with Crippen LogP contribution in [0.15, 0.2) is 42.5 Å². The number of benzene rings is 2. The largest absolute Gasteiger partial charge is 0.496 e. The Morgan fingerprint density at radius 2 is 2.00 bits per heavy atom. The molecule has 2 rings (SSSR count). The first-order valence-corrected chi connectivity index (χ1v) is 6.28. The highest BCUT2D eigenvalue weighted by Gasteiger charge is 2.20. The van der Waals surface area contributed by atoms with Crippen molar-refractivity contribution < 1.29 is 9.13 Å². The highest BCUT2D eigenvalue weighted by atomic mass is 35.5. The third kappa shape index (κ3) is 2.84. The Morgan fingerprint density at radius 3 is 2.65 bits per heavy atom. The van der Waals surface area contributed by atoms with E-state index in [1.165, 1.54) is 13.2 Å². The summed E-state index contributed by atoms with van der Waals surface area (Å²) in [6.07, 6.45) is 0. The number of nitrogens with zero attached hydrogens (tertiary/aromatic N) is 1. The van der Waals surface area contributed by atoms with E-state index in [1.807, 2.05) is 0 Å². The van der Waals surface area contributed by atoms with Crippen LogP contribution >= 0.6 is 11.6 Å². The molecule has 3 nitrogen and oxygen atoms in total. The summed E-state index contributed by atoms with van der Waals surface area (Å²) in [6.45, 7) is 0. The number of methoxy groups -OCH3 is 1. The van der Waals surface area contributed by atoms with Crippen LogP contribution in [-0.4, -0.2) is 7.11 Å². The number of halogens is 2. The van der Waals surface area contributed by atoms with E-state index in [2.05, 4.69) is 11.4 Å². The molecule has 2 aromatic carbocycles. The highest BCUT2D eigenvalue weighted by molar-refractivity contribution is 6.31. The molecule has 0 saturated heterocycles. The molecule has 0 radical (unpaired) electrons. The number of hydrogen-bond donors (Lipinski definition) is 1. The van der Waals surface area contributed by atoms with Gasteiger partial charge in [-0.25, -0.2) is 4.39 Å². The predicted octanol–water partition coefficient (Wildman–Crippen LogP) is 4.16. The van der Waals surface area contributed by atoms with E-state index in [0.717, 1.165) is 0 Å². The summed E-state index contributed by atoms with van der Waals surface area (Å²) in [5, 5.41) is 12.5. The van der Waals surface area contributed by atoms with Gasteiger partial charge in [0.15, 0.2) is 0 Å². The van der Waals surface area contributed by atoms with Crippen molar-refractivity contribution in [3.63, 3.8) is 0 Å². The van der Waals surface area contributed by atoms with Crippen LogP contribution in [0.5, 0.6) is 5.75 Å². The number of rotatable bonds is 4. The van der Waals surface area contributed by atoms with Gasteiger partial charge in [-0.1, -0.05) is 29.8 Å². The van der Waals surface area contributed by atoms with Crippen LogP contribution in [0.25, 0.3) is 0 Å². The van der Waals surface area contributed by atoms with Gasteiger partial charge in [0.25, 0.3) is 0 Å². The summed E-state index contributed by atoms with van der Waals surface area (Å²) in [5.41, 5.74) is 0.725. The Morgan fingerprint density at radius 1 is 1.25 bits per heavy atom. The molecular formula is C15H12ClFN2O. The van der Waals surface area contributed by atoms with Crippen molar-refractivity contribution in [2.75, 3.05) is 12.4 Å². The highest BCUT2D eigenvalue weighted by Crippen LogP contribution is 2.34. The van der Waals surface area contributed by atoms with Gasteiger partial charge >= 0.3 is 0 Å². The monoisotopic (exact) mass is 290 g/mol. The normalized spacial score (nSPS) is 11.5. The molecule has 0 aromatic heterocycles. The van der Waals surface area contributed by atoms with E-state index in [1.54, 1.807) is 36.4 Å². The van der Waals surface area contributed by atoms with Gasteiger partial charge in [0.2, 0.25) is 0 Å². The second-order valence-electron chi connectivity index (χ2n) is 4.04. The SMILES string of the molecule is COc1cccc(Cl)c1C(C#N)Nc1ccccc1F. The lowest BCUT2D eigenvalue weighted by molar-refractivity contribution is 0.409. The maximum atomic E-state index is 13.6. The lowest BCUT2D eigenvalue weighted by atomic mass is 10.1. The first-order valence-electron chi connectivity index (χ1n) is 5.90. The molecule has 102 valence electrons. The lowest BCUT2D eigenvalue weighted by Gasteiger charge is -2.17. The van der Waals surface area contributed by atoms with Gasteiger partial charge < -0.3 is 10.1 Å². The van der Waals surface area contributed by atoms with Crippen molar-refractivity contribution in [3.05, 3.63) is 58.9 Å². The summed E-state index contributed by atoms with van der Waals surface area (Å²) in [4.78, 5) is 0. The molecule has 0 saturated carbocycles. The minimum Gasteiger partial charge on any atom is -0.496 e. The number of nitrogens with one attached hydrogen (secondary N) is 1. The topological polar surface area (TPSA) is 45.0 Å². The summed E-state index contributed by atoms with van der Waals surface area (Å²) in [7, 11) is 1.49. The van der Waals surface area contributed by atoms with Crippen molar-refractivity contribution in [2.45, 2.75) is 6.04 Å². The summed E-state index contributed by atoms with van der Waals surface area (Å²) < 4.78 is 18.9. The molecule has 0 aliphatic carbocycles. The number of para-hydroxylation sites is 1. The minimum absolute atomic E-state index is 0.237. The average Bonchev–Trinajstić information content (AvgIpc) is 2.47. The first kappa shape index (κ1) is 14.2. The molecule has 0 amide bonds. The van der Waals surface area contributed by atoms with Gasteiger partial charge in [-0.3, -0.25) is 0 Å². The fourth-order valence-corrected chi connectivity index (χ4v) is 2.15. The van der Waals surface area contributed by atoms with Gasteiger partial charge in [-0.2, -0.15) is 5.26 Å². The van der Waals surface area contributed by atoms with Crippen molar-refractivity contribution in [1.82, 2.24) is 0 Å². The van der Waals surface area contributed by atoms with Crippen LogP contribution in [-0.2, 0) is 0 Å². The van der Waals surface area contributed by atoms with Crippen LogP contribution in [0.1, 0.15) is 11.6 Å². The Bertz CT molecular complexity index is 655. The van der Waals surface area contributed by atoms with Gasteiger partial charge in [0.1, 0.15) is 17.6 Å². The zero-order valence-electron chi connectivity index (χ0n) is 10.7. The third-order valence-electron chi connectivity index (χ3n) is 2.82. The number of hydrogen-bond acceptors (Lipinski definition) is 3. The summed E-state index contributed by atoms with van der Waals surface area (Å²) >= 11 is 6.12. The van der Waals surface area contributed by atoms with E-state index in [4.69, 9.17) is 16.3 Å². The first-order chi connectivity index (χ1) is 9.67. The van der Waals surface area contributed by atoms with E-state index in [-0.39, 0.29) is 5.69 Å². The Kier molecular flexibility index (Phi) is 4.44. The molecule has 0 spiro atoms. The van der Waals surface area contributed by atoms with E-state index in [9.17, 15) is 9.65 Å². The number of nitriles is 1. The maximum absolute atomic E-state index is 13.6. The molecule has 1 unspecified atom stereocenters. The summed E-state index contributed by atoms with van der Waals surface area (Å²) in [6, 6.07) is 12.5. The van der Waals surface area contributed by atoms with E-state index in [0.29, 0.717) is 16.3 Å². The molecular weight excluding hydrogens is 279 g/mol. The minimum atomic E-state index is -0.810. The fraction of sp³-hybridized carbons (Fsp3) is 0.133. The maximum Gasteiger partial charge on any atom is 0.146 e. The number of ether oxygens (including phenoxy) is 1. The third-order valence-corrected chi connectivity index (χ3v) is 3.15. The smallest absolute Gasteiger partial charge is 0.146 e. The van der Waals surface area contributed by atoms with Crippen LogP contribution < -0.4 is 10.1 Å². The predicted molar refractivity (Wildman–Crippen MR) is 76.4 cm³/mol. The zero-order valence-corrected chi connectivity index (χ0v) is 11.5. The molecule has 1 atom stereocenters. The molecule has 0 heterocycles. The molecule has 0 aliphatic rings. The van der Waals surface area contributed by atoms with Crippen molar-refractivity contribution in [3.8, 4) is 11.8 Å². The average molecular weight is 291 g/mol. The molecule has 2 aromatic rings.